The molecule has 4 nitrogen and oxygen atoms in total. The molecule has 0 saturated carbocycles. The minimum absolute atomic E-state index is 0.763. The molecule has 0 saturated heterocycles. The van der Waals surface area contributed by atoms with E-state index < -0.39 is 0 Å². The summed E-state index contributed by atoms with van der Waals surface area (Å²) >= 11 is 0. The number of nitrogens with one attached hydrogen (secondary N) is 1. The van der Waals surface area contributed by atoms with Gasteiger partial charge in [-0.25, -0.2) is 0 Å². The minimum Gasteiger partial charge on any atom is -0.383 e. The van der Waals surface area contributed by atoms with Gasteiger partial charge in [0.25, 0.3) is 0 Å². The van der Waals surface area contributed by atoms with Crippen molar-refractivity contribution in [3.63, 3.8) is 0 Å². The standard InChI is InChI=1S/C11H19N3O/c1-14(9-7-13-8-10-15-2)11-3-5-12-6-4-11/h3-6,13H,7-10H2,1-2H3. The van der Waals surface area contributed by atoms with E-state index in [2.05, 4.69) is 22.2 Å². The van der Waals surface area contributed by atoms with E-state index in [9.17, 15) is 0 Å². The lowest BCUT2D eigenvalue weighted by molar-refractivity contribution is 0.200. The Balaban J connectivity index is 2.16. The van der Waals surface area contributed by atoms with E-state index in [-0.39, 0.29) is 0 Å². The van der Waals surface area contributed by atoms with Gasteiger partial charge in [-0.3, -0.25) is 4.98 Å². The first kappa shape index (κ1) is 11.9. The summed E-state index contributed by atoms with van der Waals surface area (Å²) in [6.07, 6.45) is 3.62. The van der Waals surface area contributed by atoms with Crippen LogP contribution < -0.4 is 10.2 Å². The van der Waals surface area contributed by atoms with Gasteiger partial charge < -0.3 is 15.0 Å². The summed E-state index contributed by atoms with van der Waals surface area (Å²) in [5, 5.41) is 3.30. The Hall–Kier alpha value is -1.13. The fraction of sp³-hybridized carbons (Fsp3) is 0.545. The zero-order valence-electron chi connectivity index (χ0n) is 9.44. The van der Waals surface area contributed by atoms with Crippen molar-refractivity contribution in [3.05, 3.63) is 24.5 Å². The number of likely N-dealkylation sites (N-methyl/N-ethyl adjacent to an activating group) is 1. The van der Waals surface area contributed by atoms with Gasteiger partial charge in [0.05, 0.1) is 6.61 Å². The lowest BCUT2D eigenvalue weighted by Crippen LogP contribution is -2.30. The zero-order chi connectivity index (χ0) is 10.9. The van der Waals surface area contributed by atoms with Crippen molar-refractivity contribution in [2.24, 2.45) is 0 Å². The average molecular weight is 209 g/mol. The number of aromatic nitrogens is 1. The Morgan fingerprint density at radius 1 is 1.33 bits per heavy atom. The first-order chi connectivity index (χ1) is 7.34. The second kappa shape index (κ2) is 7.20. The summed E-state index contributed by atoms with van der Waals surface area (Å²) in [6, 6.07) is 4.02. The molecular formula is C11H19N3O. The van der Waals surface area contributed by atoms with Crippen LogP contribution in [0, 0.1) is 0 Å². The molecule has 1 aromatic heterocycles. The second-order valence-electron chi connectivity index (χ2n) is 3.37. The lowest BCUT2D eigenvalue weighted by atomic mass is 10.3. The Morgan fingerprint density at radius 2 is 2.07 bits per heavy atom. The highest BCUT2D eigenvalue weighted by molar-refractivity contribution is 5.43. The van der Waals surface area contributed by atoms with Gasteiger partial charge in [-0.15, -0.1) is 0 Å². The van der Waals surface area contributed by atoms with Crippen molar-refractivity contribution < 1.29 is 4.74 Å². The smallest absolute Gasteiger partial charge is 0.0587 e. The quantitative estimate of drug-likeness (QED) is 0.673. The molecule has 0 bridgehead atoms. The molecule has 0 aromatic carbocycles. The van der Waals surface area contributed by atoms with Gasteiger partial charge in [-0.2, -0.15) is 0 Å². The number of hydrogen-bond acceptors (Lipinski definition) is 4. The van der Waals surface area contributed by atoms with Gasteiger partial charge in [-0.05, 0) is 12.1 Å². The molecule has 0 atom stereocenters. The highest BCUT2D eigenvalue weighted by Crippen LogP contribution is 2.08. The predicted molar refractivity (Wildman–Crippen MR) is 62.3 cm³/mol. The topological polar surface area (TPSA) is 37.4 Å². The molecule has 1 aromatic rings. The fourth-order valence-corrected chi connectivity index (χ4v) is 1.27. The molecule has 0 aliphatic heterocycles. The van der Waals surface area contributed by atoms with Crippen LogP contribution in [0.2, 0.25) is 0 Å². The molecule has 0 unspecified atom stereocenters. The van der Waals surface area contributed by atoms with Crippen LogP contribution in [0.15, 0.2) is 24.5 Å². The average Bonchev–Trinajstić information content (AvgIpc) is 2.30. The van der Waals surface area contributed by atoms with Gasteiger partial charge in [0.1, 0.15) is 0 Å². The van der Waals surface area contributed by atoms with E-state index >= 15 is 0 Å². The van der Waals surface area contributed by atoms with E-state index in [4.69, 9.17) is 4.74 Å². The number of pyridine rings is 1. The summed E-state index contributed by atoms with van der Waals surface area (Å²) in [4.78, 5) is 6.19. The third kappa shape index (κ3) is 4.76. The number of ether oxygens (including phenoxy) is 1. The largest absolute Gasteiger partial charge is 0.383 e. The van der Waals surface area contributed by atoms with Crippen LogP contribution in [0.1, 0.15) is 0 Å². The van der Waals surface area contributed by atoms with Crippen LogP contribution in [0.5, 0.6) is 0 Å². The molecule has 0 spiro atoms. The third-order valence-electron chi connectivity index (χ3n) is 2.21. The normalized spacial score (nSPS) is 10.3. The van der Waals surface area contributed by atoms with Gasteiger partial charge in [-0.1, -0.05) is 0 Å². The molecule has 0 aliphatic carbocycles. The number of rotatable bonds is 7. The SMILES string of the molecule is COCCNCCN(C)c1ccncc1. The van der Waals surface area contributed by atoms with Crippen molar-refractivity contribution in [1.82, 2.24) is 10.3 Å². The van der Waals surface area contributed by atoms with Crippen LogP contribution in [-0.4, -0.2) is 45.4 Å². The Bertz CT molecular complexity index is 253. The maximum Gasteiger partial charge on any atom is 0.0587 e. The lowest BCUT2D eigenvalue weighted by Gasteiger charge is -2.19. The van der Waals surface area contributed by atoms with Crippen LogP contribution in [0.3, 0.4) is 0 Å². The molecule has 0 amide bonds. The monoisotopic (exact) mass is 209 g/mol. The van der Waals surface area contributed by atoms with E-state index in [0.717, 1.165) is 26.2 Å². The zero-order valence-corrected chi connectivity index (χ0v) is 9.44. The van der Waals surface area contributed by atoms with E-state index in [0.29, 0.717) is 0 Å². The number of hydrogen-bond donors (Lipinski definition) is 1. The van der Waals surface area contributed by atoms with Crippen molar-refractivity contribution in [2.75, 3.05) is 45.3 Å². The van der Waals surface area contributed by atoms with Crippen molar-refractivity contribution in [1.29, 1.82) is 0 Å². The van der Waals surface area contributed by atoms with Crippen molar-refractivity contribution >= 4 is 5.69 Å². The second-order valence-corrected chi connectivity index (χ2v) is 3.37. The van der Waals surface area contributed by atoms with E-state index in [1.807, 2.05) is 24.5 Å². The summed E-state index contributed by atoms with van der Waals surface area (Å²) in [5.74, 6) is 0. The highest BCUT2D eigenvalue weighted by atomic mass is 16.5. The van der Waals surface area contributed by atoms with Crippen LogP contribution in [0.25, 0.3) is 0 Å². The van der Waals surface area contributed by atoms with Crippen LogP contribution >= 0.6 is 0 Å². The number of nitrogens with zero attached hydrogens (tertiary/aromatic N) is 2. The highest BCUT2D eigenvalue weighted by Gasteiger charge is 1.98. The summed E-state index contributed by atoms with van der Waals surface area (Å²) < 4.78 is 4.95. The molecule has 1 heterocycles. The Morgan fingerprint density at radius 3 is 2.73 bits per heavy atom. The molecular weight excluding hydrogens is 190 g/mol. The first-order valence-corrected chi connectivity index (χ1v) is 5.15. The van der Waals surface area contributed by atoms with Crippen molar-refractivity contribution in [2.45, 2.75) is 0 Å². The Kier molecular flexibility index (Phi) is 5.73. The summed E-state index contributed by atoms with van der Waals surface area (Å²) in [5.41, 5.74) is 1.19. The molecule has 84 valence electrons. The predicted octanol–water partition coefficient (Wildman–Crippen LogP) is 0.754. The third-order valence-corrected chi connectivity index (χ3v) is 2.21. The molecule has 1 rings (SSSR count). The van der Waals surface area contributed by atoms with E-state index in [1.54, 1.807) is 7.11 Å². The summed E-state index contributed by atoms with van der Waals surface area (Å²) in [6.45, 7) is 3.61. The molecule has 0 aliphatic rings. The molecule has 1 N–H and O–H groups in total. The molecule has 0 radical (unpaired) electrons. The maximum absolute atomic E-state index is 4.95. The minimum atomic E-state index is 0.763. The summed E-state index contributed by atoms with van der Waals surface area (Å²) in [7, 11) is 3.79. The molecule has 0 fully saturated rings. The van der Waals surface area contributed by atoms with E-state index in [1.165, 1.54) is 5.69 Å². The van der Waals surface area contributed by atoms with Gasteiger partial charge in [0.2, 0.25) is 0 Å². The molecule has 4 heteroatoms. The fourth-order valence-electron chi connectivity index (χ4n) is 1.27. The number of anilines is 1. The first-order valence-electron chi connectivity index (χ1n) is 5.15. The van der Waals surface area contributed by atoms with Crippen LogP contribution in [0.4, 0.5) is 5.69 Å². The van der Waals surface area contributed by atoms with Crippen LogP contribution in [-0.2, 0) is 4.74 Å². The Labute approximate surface area is 91.3 Å². The molecule has 15 heavy (non-hydrogen) atoms. The van der Waals surface area contributed by atoms with Gasteiger partial charge in [0, 0.05) is 51.9 Å². The van der Waals surface area contributed by atoms with Gasteiger partial charge in [0.15, 0.2) is 0 Å². The van der Waals surface area contributed by atoms with Gasteiger partial charge >= 0.3 is 0 Å². The van der Waals surface area contributed by atoms with Crippen molar-refractivity contribution in [3.8, 4) is 0 Å². The maximum atomic E-state index is 4.95. The number of methoxy groups -OCH3 is 1.